The molecule has 0 atom stereocenters. The second-order valence-corrected chi connectivity index (χ2v) is 2.67. The molecule has 3 heteroatoms. The number of pyridine rings is 1. The number of nitrogens with one attached hydrogen (secondary N) is 1. The monoisotopic (exact) mass is 166 g/mol. The van der Waals surface area contributed by atoms with Crippen molar-refractivity contribution in [3.8, 4) is 0 Å². The third-order valence-electron chi connectivity index (χ3n) is 1.51. The van der Waals surface area contributed by atoms with Gasteiger partial charge in [0.05, 0.1) is 12.3 Å². The fraction of sp³-hybridized carbons (Fsp3) is 0.444. The highest BCUT2D eigenvalue weighted by Gasteiger charge is 1.91. The van der Waals surface area contributed by atoms with Crippen molar-refractivity contribution < 1.29 is 4.74 Å². The number of nitrogens with zero attached hydrogens (tertiary/aromatic N) is 1. The van der Waals surface area contributed by atoms with Crippen molar-refractivity contribution in [3.05, 3.63) is 24.0 Å². The lowest BCUT2D eigenvalue weighted by molar-refractivity contribution is 0.211. The normalized spacial score (nSPS) is 9.83. The van der Waals surface area contributed by atoms with E-state index in [-0.39, 0.29) is 0 Å². The Labute approximate surface area is 72.8 Å². The Morgan fingerprint density at radius 3 is 3.00 bits per heavy atom. The average Bonchev–Trinajstić information content (AvgIpc) is 2.05. The van der Waals surface area contributed by atoms with Gasteiger partial charge in [-0.2, -0.15) is 0 Å². The highest BCUT2D eigenvalue weighted by Crippen LogP contribution is 2.05. The molecule has 0 aromatic carbocycles. The lowest BCUT2D eigenvalue weighted by atomic mass is 10.3. The Morgan fingerprint density at radius 2 is 2.33 bits per heavy atom. The molecule has 1 rings (SSSR count). The molecule has 66 valence electrons. The van der Waals surface area contributed by atoms with Crippen LogP contribution in [0, 0.1) is 6.92 Å². The zero-order chi connectivity index (χ0) is 8.81. The topological polar surface area (TPSA) is 34.1 Å². The maximum Gasteiger partial charge on any atom is 0.0635 e. The fourth-order valence-corrected chi connectivity index (χ4v) is 0.949. The maximum absolute atomic E-state index is 4.91. The smallest absolute Gasteiger partial charge is 0.0635 e. The minimum Gasteiger partial charge on any atom is -0.383 e. The van der Waals surface area contributed by atoms with Crippen molar-refractivity contribution in [2.24, 2.45) is 0 Å². The van der Waals surface area contributed by atoms with E-state index in [0.717, 1.165) is 17.8 Å². The van der Waals surface area contributed by atoms with Gasteiger partial charge in [0.25, 0.3) is 0 Å². The van der Waals surface area contributed by atoms with Gasteiger partial charge in [-0.3, -0.25) is 4.98 Å². The Kier molecular flexibility index (Phi) is 3.54. The number of hydrogen-bond acceptors (Lipinski definition) is 3. The highest BCUT2D eigenvalue weighted by atomic mass is 16.5. The van der Waals surface area contributed by atoms with Crippen LogP contribution in [0.4, 0.5) is 5.69 Å². The molecular formula is C9H14N2O. The zero-order valence-corrected chi connectivity index (χ0v) is 7.50. The Morgan fingerprint density at radius 1 is 1.50 bits per heavy atom. The summed E-state index contributed by atoms with van der Waals surface area (Å²) in [4.78, 5) is 4.06. The van der Waals surface area contributed by atoms with E-state index in [9.17, 15) is 0 Å². The molecule has 1 aromatic rings. The SMILES string of the molecule is COCCNc1cncc(C)c1. The minimum atomic E-state index is 0.716. The summed E-state index contributed by atoms with van der Waals surface area (Å²) in [6, 6.07) is 2.06. The Hall–Kier alpha value is -1.09. The second-order valence-electron chi connectivity index (χ2n) is 2.67. The van der Waals surface area contributed by atoms with Crippen LogP contribution in [-0.4, -0.2) is 25.2 Å². The van der Waals surface area contributed by atoms with E-state index < -0.39 is 0 Å². The van der Waals surface area contributed by atoms with E-state index >= 15 is 0 Å². The van der Waals surface area contributed by atoms with Crippen LogP contribution in [0.5, 0.6) is 0 Å². The van der Waals surface area contributed by atoms with Gasteiger partial charge < -0.3 is 10.1 Å². The van der Waals surface area contributed by atoms with Gasteiger partial charge in [0.2, 0.25) is 0 Å². The quantitative estimate of drug-likeness (QED) is 0.687. The standard InChI is InChI=1S/C9H14N2O/c1-8-5-9(7-10-6-8)11-3-4-12-2/h5-7,11H,3-4H2,1-2H3. The van der Waals surface area contributed by atoms with Gasteiger partial charge in [0.1, 0.15) is 0 Å². The van der Waals surface area contributed by atoms with Crippen LogP contribution in [0.15, 0.2) is 18.5 Å². The van der Waals surface area contributed by atoms with Gasteiger partial charge in [-0.05, 0) is 18.6 Å². The van der Waals surface area contributed by atoms with Crippen LogP contribution in [0.25, 0.3) is 0 Å². The van der Waals surface area contributed by atoms with Gasteiger partial charge in [0, 0.05) is 26.0 Å². The summed E-state index contributed by atoms with van der Waals surface area (Å²) in [7, 11) is 1.69. The first-order chi connectivity index (χ1) is 5.83. The van der Waals surface area contributed by atoms with E-state index in [1.54, 1.807) is 7.11 Å². The second kappa shape index (κ2) is 4.72. The molecule has 12 heavy (non-hydrogen) atoms. The Balaban J connectivity index is 2.41. The van der Waals surface area contributed by atoms with E-state index in [0.29, 0.717) is 6.61 Å². The first kappa shape index (κ1) is 9.00. The molecule has 0 radical (unpaired) electrons. The predicted octanol–water partition coefficient (Wildman–Crippen LogP) is 1.45. The van der Waals surface area contributed by atoms with Crippen molar-refractivity contribution in [1.29, 1.82) is 0 Å². The van der Waals surface area contributed by atoms with Gasteiger partial charge in [-0.1, -0.05) is 0 Å². The van der Waals surface area contributed by atoms with Crippen LogP contribution in [0.3, 0.4) is 0 Å². The summed E-state index contributed by atoms with van der Waals surface area (Å²) >= 11 is 0. The molecule has 0 aliphatic heterocycles. The largest absolute Gasteiger partial charge is 0.383 e. The predicted molar refractivity (Wildman–Crippen MR) is 49.3 cm³/mol. The van der Waals surface area contributed by atoms with Gasteiger partial charge in [0.15, 0.2) is 0 Å². The molecule has 0 fully saturated rings. The van der Waals surface area contributed by atoms with Crippen molar-refractivity contribution in [2.45, 2.75) is 6.92 Å². The summed E-state index contributed by atoms with van der Waals surface area (Å²) in [6.45, 7) is 3.56. The molecule has 0 saturated heterocycles. The third-order valence-corrected chi connectivity index (χ3v) is 1.51. The lowest BCUT2D eigenvalue weighted by Crippen LogP contribution is -2.07. The fourth-order valence-electron chi connectivity index (χ4n) is 0.949. The van der Waals surface area contributed by atoms with Gasteiger partial charge in [-0.15, -0.1) is 0 Å². The molecule has 0 spiro atoms. The summed E-state index contributed by atoms with van der Waals surface area (Å²) in [5.41, 5.74) is 2.21. The molecular weight excluding hydrogens is 152 g/mol. The van der Waals surface area contributed by atoms with E-state index in [1.807, 2.05) is 19.3 Å². The maximum atomic E-state index is 4.91. The number of anilines is 1. The van der Waals surface area contributed by atoms with Gasteiger partial charge in [-0.25, -0.2) is 0 Å². The summed E-state index contributed by atoms with van der Waals surface area (Å²) in [5.74, 6) is 0. The van der Waals surface area contributed by atoms with Crippen molar-refractivity contribution in [3.63, 3.8) is 0 Å². The number of rotatable bonds is 4. The molecule has 1 aromatic heterocycles. The van der Waals surface area contributed by atoms with Crippen molar-refractivity contribution >= 4 is 5.69 Å². The lowest BCUT2D eigenvalue weighted by Gasteiger charge is -2.04. The van der Waals surface area contributed by atoms with E-state index in [1.165, 1.54) is 0 Å². The molecule has 1 N–H and O–H groups in total. The first-order valence-corrected chi connectivity index (χ1v) is 3.97. The van der Waals surface area contributed by atoms with E-state index in [2.05, 4.69) is 16.4 Å². The summed E-state index contributed by atoms with van der Waals surface area (Å²) in [6.07, 6.45) is 3.64. The first-order valence-electron chi connectivity index (χ1n) is 3.97. The average molecular weight is 166 g/mol. The number of aromatic nitrogens is 1. The Bertz CT molecular complexity index is 238. The highest BCUT2D eigenvalue weighted by molar-refractivity contribution is 5.42. The summed E-state index contributed by atoms with van der Waals surface area (Å²) in [5, 5.41) is 3.20. The molecule has 0 amide bonds. The van der Waals surface area contributed by atoms with Crippen molar-refractivity contribution in [2.75, 3.05) is 25.6 Å². The zero-order valence-electron chi connectivity index (χ0n) is 7.50. The van der Waals surface area contributed by atoms with Gasteiger partial charge >= 0.3 is 0 Å². The molecule has 0 unspecified atom stereocenters. The van der Waals surface area contributed by atoms with Crippen LogP contribution in [0.2, 0.25) is 0 Å². The van der Waals surface area contributed by atoms with E-state index in [4.69, 9.17) is 4.74 Å². The van der Waals surface area contributed by atoms with Crippen LogP contribution < -0.4 is 5.32 Å². The number of ether oxygens (including phenoxy) is 1. The van der Waals surface area contributed by atoms with Crippen molar-refractivity contribution in [1.82, 2.24) is 4.98 Å². The molecule has 3 nitrogen and oxygen atoms in total. The molecule has 0 aliphatic carbocycles. The van der Waals surface area contributed by atoms with Crippen LogP contribution in [0.1, 0.15) is 5.56 Å². The molecule has 0 aliphatic rings. The summed E-state index contributed by atoms with van der Waals surface area (Å²) < 4.78 is 4.91. The number of hydrogen-bond donors (Lipinski definition) is 1. The molecule has 0 bridgehead atoms. The van der Waals surface area contributed by atoms with Crippen LogP contribution >= 0.6 is 0 Å². The van der Waals surface area contributed by atoms with Crippen LogP contribution in [-0.2, 0) is 4.74 Å². The molecule has 1 heterocycles. The minimum absolute atomic E-state index is 0.716. The molecule has 0 saturated carbocycles. The third kappa shape index (κ3) is 2.88. The number of aryl methyl sites for hydroxylation is 1. The number of methoxy groups -OCH3 is 1.